The number of ether oxygens (including phenoxy) is 2. The van der Waals surface area contributed by atoms with Gasteiger partial charge in [-0.1, -0.05) is 6.92 Å². The van der Waals surface area contributed by atoms with Gasteiger partial charge in [-0.25, -0.2) is 9.97 Å². The van der Waals surface area contributed by atoms with Gasteiger partial charge < -0.3 is 24.7 Å². The smallest absolute Gasteiger partial charge is 0.254 e. The Labute approximate surface area is 258 Å². The molecule has 4 aliphatic rings. The lowest BCUT2D eigenvalue weighted by atomic mass is 9.97. The molecule has 1 amide bonds. The second-order valence-corrected chi connectivity index (χ2v) is 13.5. The number of amides is 1. The van der Waals surface area contributed by atoms with Crippen LogP contribution >= 0.6 is 0 Å². The van der Waals surface area contributed by atoms with E-state index in [-0.39, 0.29) is 24.0 Å². The molecule has 3 aliphatic heterocycles. The second-order valence-electron chi connectivity index (χ2n) is 13.5. The zero-order valence-corrected chi connectivity index (χ0v) is 26.0. The molecule has 0 spiro atoms. The minimum Gasteiger partial charge on any atom is -0.482 e. The number of carbonyl (C=O) groups excluding carboxylic acids is 1. The number of carbonyl (C=O) groups is 1. The second kappa shape index (κ2) is 10.9. The van der Waals surface area contributed by atoms with Crippen LogP contribution in [0.1, 0.15) is 66.7 Å². The third kappa shape index (κ3) is 4.69. The molecular formula is C34H43N7O3. The molecule has 10 nitrogen and oxygen atoms in total. The highest BCUT2D eigenvalue weighted by Crippen LogP contribution is 2.40. The van der Waals surface area contributed by atoms with Crippen LogP contribution in [0.15, 0.2) is 30.3 Å². The number of imidazole rings is 1. The van der Waals surface area contributed by atoms with E-state index in [1.165, 1.54) is 12.8 Å². The molecule has 0 aromatic carbocycles. The van der Waals surface area contributed by atoms with Gasteiger partial charge in [0.25, 0.3) is 5.91 Å². The van der Waals surface area contributed by atoms with Crippen molar-refractivity contribution in [2.45, 2.75) is 76.5 Å². The number of nitrogens with zero attached hydrogens (tertiary/aromatic N) is 6. The summed E-state index contributed by atoms with van der Waals surface area (Å²) in [5.74, 6) is 1.63. The van der Waals surface area contributed by atoms with Crippen LogP contribution in [0.2, 0.25) is 0 Å². The van der Waals surface area contributed by atoms with Crippen LogP contribution in [0.3, 0.4) is 0 Å². The standard InChI is InChI=1S/C34H43N7O3/c1-20(18-38-10-12-44-13-11-38)27-8-6-23-14-29(39(33(23)36-27)19-22-4-5-22)32-21(2)40-30(37-32)15-24(16-31(40)43-3)34(42)41-25-7-9-28(41)26(35)17-25/h6,8,14-16,20,22,25-26,28H,4-5,7,9-13,17-19,35H2,1-3H3/t20?,25-,26+,28+/m0/s1. The van der Waals surface area contributed by atoms with Crippen LogP contribution in [-0.2, 0) is 11.3 Å². The molecule has 2 N–H and O–H groups in total. The van der Waals surface area contributed by atoms with Gasteiger partial charge in [-0.05, 0) is 69.2 Å². The number of fused-ring (bicyclic) bond motifs is 4. The molecule has 4 atom stereocenters. The number of rotatable bonds is 8. The Morgan fingerprint density at radius 2 is 1.93 bits per heavy atom. The summed E-state index contributed by atoms with van der Waals surface area (Å²) >= 11 is 0. The van der Waals surface area contributed by atoms with Crippen LogP contribution in [0.25, 0.3) is 28.1 Å². The number of aryl methyl sites for hydroxylation is 1. The van der Waals surface area contributed by atoms with Crippen LogP contribution in [-0.4, -0.2) is 92.7 Å². The van der Waals surface area contributed by atoms with E-state index in [2.05, 4.69) is 41.5 Å². The summed E-state index contributed by atoms with van der Waals surface area (Å²) in [6.45, 7) is 9.84. The van der Waals surface area contributed by atoms with Gasteiger partial charge in [0.15, 0.2) is 5.88 Å². The molecule has 8 rings (SSSR count). The Hall–Kier alpha value is -3.47. The van der Waals surface area contributed by atoms with E-state index in [0.29, 0.717) is 28.9 Å². The number of nitrogens with two attached hydrogens (primary N) is 1. The van der Waals surface area contributed by atoms with Crippen LogP contribution < -0.4 is 10.5 Å². The fraction of sp³-hybridized carbons (Fsp3) is 0.559. The normalized spacial score (nSPS) is 24.5. The highest BCUT2D eigenvalue weighted by Gasteiger charge is 2.47. The maximum absolute atomic E-state index is 13.8. The molecule has 10 heteroatoms. The van der Waals surface area contributed by atoms with Crippen molar-refractivity contribution in [3.63, 3.8) is 0 Å². The highest BCUT2D eigenvalue weighted by atomic mass is 16.5. The van der Waals surface area contributed by atoms with Gasteiger partial charge in [-0.2, -0.15) is 0 Å². The lowest BCUT2D eigenvalue weighted by molar-refractivity contribution is 0.0356. The molecule has 1 aliphatic carbocycles. The van der Waals surface area contributed by atoms with E-state index in [1.54, 1.807) is 7.11 Å². The Bertz CT molecular complexity index is 1730. The van der Waals surface area contributed by atoms with E-state index >= 15 is 0 Å². The number of hydrogen-bond acceptors (Lipinski definition) is 7. The third-order valence-electron chi connectivity index (χ3n) is 10.5. The summed E-state index contributed by atoms with van der Waals surface area (Å²) in [6.07, 6.45) is 5.39. The molecule has 4 fully saturated rings. The molecule has 4 aromatic rings. The van der Waals surface area contributed by atoms with Crippen LogP contribution in [0, 0.1) is 12.8 Å². The van der Waals surface area contributed by atoms with Gasteiger partial charge in [0.05, 0.1) is 31.7 Å². The van der Waals surface area contributed by atoms with Crippen molar-refractivity contribution in [3.05, 3.63) is 47.3 Å². The monoisotopic (exact) mass is 597 g/mol. The van der Waals surface area contributed by atoms with Crippen molar-refractivity contribution < 1.29 is 14.3 Å². The third-order valence-corrected chi connectivity index (χ3v) is 10.5. The Morgan fingerprint density at radius 3 is 2.64 bits per heavy atom. The lowest BCUT2D eigenvalue weighted by Gasteiger charge is -2.29. The summed E-state index contributed by atoms with van der Waals surface area (Å²) in [5.41, 5.74) is 12.8. The number of morpholine rings is 1. The van der Waals surface area contributed by atoms with Crippen LogP contribution in [0.4, 0.5) is 0 Å². The topological polar surface area (TPSA) is 103 Å². The fourth-order valence-corrected chi connectivity index (χ4v) is 7.91. The average molecular weight is 598 g/mol. The van der Waals surface area contributed by atoms with Gasteiger partial charge >= 0.3 is 0 Å². The van der Waals surface area contributed by atoms with Crippen molar-refractivity contribution >= 4 is 22.6 Å². The molecule has 44 heavy (non-hydrogen) atoms. The molecule has 1 saturated carbocycles. The first-order valence-corrected chi connectivity index (χ1v) is 16.4. The molecule has 232 valence electrons. The Morgan fingerprint density at radius 1 is 1.11 bits per heavy atom. The molecule has 2 bridgehead atoms. The number of aromatic nitrogens is 4. The average Bonchev–Trinajstić information content (AvgIpc) is 3.35. The van der Waals surface area contributed by atoms with Gasteiger partial charge in [0.1, 0.15) is 17.0 Å². The van der Waals surface area contributed by atoms with Gasteiger partial charge in [0.2, 0.25) is 0 Å². The van der Waals surface area contributed by atoms with E-state index in [0.717, 1.165) is 92.5 Å². The van der Waals surface area contributed by atoms with E-state index in [1.807, 2.05) is 21.4 Å². The minimum atomic E-state index is 0.0271. The van der Waals surface area contributed by atoms with Crippen molar-refractivity contribution in [2.24, 2.45) is 11.7 Å². The SMILES string of the molecule is COc1cc(C(=O)N2[C@H]3CC[C@@H]2[C@H](N)C3)cc2nc(-c3cc4ccc(C(C)CN5CCOCC5)nc4n3CC3CC3)c(C)n12. The molecule has 1 unspecified atom stereocenters. The molecule has 0 radical (unpaired) electrons. The predicted molar refractivity (Wildman–Crippen MR) is 169 cm³/mol. The highest BCUT2D eigenvalue weighted by molar-refractivity contribution is 5.96. The van der Waals surface area contributed by atoms with Crippen molar-refractivity contribution in [1.29, 1.82) is 0 Å². The zero-order valence-electron chi connectivity index (χ0n) is 26.0. The molecular weight excluding hydrogens is 554 g/mol. The quantitative estimate of drug-likeness (QED) is 0.325. The van der Waals surface area contributed by atoms with Crippen LogP contribution in [0.5, 0.6) is 5.88 Å². The van der Waals surface area contributed by atoms with Crippen molar-refractivity contribution in [2.75, 3.05) is 40.0 Å². The van der Waals surface area contributed by atoms with Gasteiger partial charge in [-0.15, -0.1) is 0 Å². The molecule has 7 heterocycles. The predicted octanol–water partition coefficient (Wildman–Crippen LogP) is 4.22. The van der Waals surface area contributed by atoms with Crippen molar-refractivity contribution in [3.8, 4) is 17.3 Å². The summed E-state index contributed by atoms with van der Waals surface area (Å²) in [7, 11) is 1.66. The van der Waals surface area contributed by atoms with E-state index in [4.69, 9.17) is 25.2 Å². The first kappa shape index (κ1) is 28.0. The van der Waals surface area contributed by atoms with Crippen molar-refractivity contribution in [1.82, 2.24) is 28.7 Å². The van der Waals surface area contributed by atoms with E-state index < -0.39 is 0 Å². The lowest BCUT2D eigenvalue weighted by Crippen LogP contribution is -2.40. The fourth-order valence-electron chi connectivity index (χ4n) is 7.91. The maximum Gasteiger partial charge on any atom is 0.254 e. The zero-order chi connectivity index (χ0) is 30.1. The molecule has 4 aromatic heterocycles. The van der Waals surface area contributed by atoms with Gasteiger partial charge in [0, 0.05) is 72.9 Å². The number of pyridine rings is 2. The summed E-state index contributed by atoms with van der Waals surface area (Å²) in [6, 6.07) is 10.8. The Kier molecular flexibility index (Phi) is 6.92. The van der Waals surface area contributed by atoms with E-state index in [9.17, 15) is 4.79 Å². The summed E-state index contributed by atoms with van der Waals surface area (Å²) < 4.78 is 15.8. The van der Waals surface area contributed by atoms with Gasteiger partial charge in [-0.3, -0.25) is 14.1 Å². The first-order chi connectivity index (χ1) is 21.4. The summed E-state index contributed by atoms with van der Waals surface area (Å²) in [4.78, 5) is 28.7. The minimum absolute atomic E-state index is 0.0271. The first-order valence-electron chi connectivity index (χ1n) is 16.4. The maximum atomic E-state index is 13.8. The number of methoxy groups -OCH3 is 1. The largest absolute Gasteiger partial charge is 0.482 e. The molecule has 3 saturated heterocycles. The Balaban J connectivity index is 1.18. The number of hydrogen-bond donors (Lipinski definition) is 1. The summed E-state index contributed by atoms with van der Waals surface area (Å²) in [5, 5.41) is 1.13.